The van der Waals surface area contributed by atoms with E-state index in [1.165, 1.54) is 6.92 Å². The fourth-order valence-corrected chi connectivity index (χ4v) is 3.74. The second kappa shape index (κ2) is 7.93. The van der Waals surface area contributed by atoms with Crippen LogP contribution in [0.5, 0.6) is 0 Å². The third-order valence-electron chi connectivity index (χ3n) is 5.19. The van der Waals surface area contributed by atoms with Gasteiger partial charge in [0, 0.05) is 31.5 Å². The first kappa shape index (κ1) is 20.4. The number of fused-ring (bicyclic) bond motifs is 1. The Balaban J connectivity index is 1.57. The standard InChI is InChI=1S/C20H30N4O4/c1-14(25)5-6-18(26)22-9-7-16(8-10-22)24-17-13-23(12-15(17)11-21-24)19(27)28-20(2,3)4/h11,16H,5-10,12-13H2,1-4H3. The van der Waals surface area contributed by atoms with Crippen molar-refractivity contribution in [3.8, 4) is 0 Å². The molecule has 1 aromatic rings. The van der Waals surface area contributed by atoms with Crippen molar-refractivity contribution in [3.05, 3.63) is 17.5 Å². The van der Waals surface area contributed by atoms with Gasteiger partial charge in [-0.25, -0.2) is 4.79 Å². The maximum Gasteiger partial charge on any atom is 0.410 e. The van der Waals surface area contributed by atoms with Crippen LogP contribution in [0.25, 0.3) is 0 Å². The van der Waals surface area contributed by atoms with Crippen LogP contribution in [0.3, 0.4) is 0 Å². The van der Waals surface area contributed by atoms with Crippen LogP contribution < -0.4 is 0 Å². The normalized spacial score (nSPS) is 17.6. The van der Waals surface area contributed by atoms with Crippen LogP contribution >= 0.6 is 0 Å². The Morgan fingerprint density at radius 1 is 1.11 bits per heavy atom. The van der Waals surface area contributed by atoms with Gasteiger partial charge in [0.1, 0.15) is 11.4 Å². The Bertz CT molecular complexity index is 757. The molecule has 2 aliphatic rings. The molecule has 154 valence electrons. The summed E-state index contributed by atoms with van der Waals surface area (Å²) in [7, 11) is 0. The number of nitrogens with zero attached hydrogens (tertiary/aromatic N) is 4. The minimum atomic E-state index is -0.514. The van der Waals surface area contributed by atoms with Crippen molar-refractivity contribution < 1.29 is 19.1 Å². The lowest BCUT2D eigenvalue weighted by atomic mass is 10.0. The smallest absolute Gasteiger partial charge is 0.410 e. The summed E-state index contributed by atoms with van der Waals surface area (Å²) in [4.78, 5) is 39.2. The average Bonchev–Trinajstić information content (AvgIpc) is 3.19. The number of carbonyl (C=O) groups excluding carboxylic acids is 3. The van der Waals surface area contributed by atoms with E-state index in [-0.39, 0.29) is 23.8 Å². The van der Waals surface area contributed by atoms with Gasteiger partial charge in [-0.05, 0) is 40.5 Å². The highest BCUT2D eigenvalue weighted by Gasteiger charge is 2.33. The van der Waals surface area contributed by atoms with Gasteiger partial charge in [0.05, 0.1) is 31.0 Å². The molecule has 0 bridgehead atoms. The molecule has 3 heterocycles. The van der Waals surface area contributed by atoms with Crippen LogP contribution in [0.1, 0.15) is 70.7 Å². The number of likely N-dealkylation sites (tertiary alicyclic amines) is 1. The van der Waals surface area contributed by atoms with Gasteiger partial charge in [-0.15, -0.1) is 0 Å². The summed E-state index contributed by atoms with van der Waals surface area (Å²) in [6.07, 6.45) is 3.79. The molecule has 28 heavy (non-hydrogen) atoms. The molecule has 1 saturated heterocycles. The van der Waals surface area contributed by atoms with E-state index >= 15 is 0 Å². The molecule has 0 spiro atoms. The third-order valence-corrected chi connectivity index (χ3v) is 5.19. The van der Waals surface area contributed by atoms with E-state index < -0.39 is 5.60 Å². The summed E-state index contributed by atoms with van der Waals surface area (Å²) in [6, 6.07) is 0.221. The average molecular weight is 390 g/mol. The minimum absolute atomic E-state index is 0.0462. The number of carbonyl (C=O) groups is 3. The molecule has 2 amide bonds. The topological polar surface area (TPSA) is 84.7 Å². The van der Waals surface area contributed by atoms with E-state index in [1.54, 1.807) is 4.90 Å². The first-order chi connectivity index (χ1) is 13.1. The number of Topliss-reactive ketones (excluding diaryl/α,β-unsaturated/α-hetero) is 1. The minimum Gasteiger partial charge on any atom is -0.444 e. The molecule has 0 aromatic carbocycles. The Kier molecular flexibility index (Phi) is 5.76. The number of rotatable bonds is 4. The molecule has 0 N–H and O–H groups in total. The van der Waals surface area contributed by atoms with Gasteiger partial charge in [-0.2, -0.15) is 5.10 Å². The molecule has 8 heteroatoms. The fourth-order valence-electron chi connectivity index (χ4n) is 3.74. The number of hydrogen-bond donors (Lipinski definition) is 0. The van der Waals surface area contributed by atoms with Gasteiger partial charge in [0.2, 0.25) is 5.91 Å². The van der Waals surface area contributed by atoms with E-state index in [2.05, 4.69) is 5.10 Å². The van der Waals surface area contributed by atoms with Crippen molar-refractivity contribution in [2.24, 2.45) is 0 Å². The zero-order chi connectivity index (χ0) is 20.5. The number of amides is 2. The molecule has 0 saturated carbocycles. The van der Waals surface area contributed by atoms with Crippen LogP contribution in [-0.4, -0.2) is 56.1 Å². The van der Waals surface area contributed by atoms with Gasteiger partial charge >= 0.3 is 6.09 Å². The van der Waals surface area contributed by atoms with Crippen molar-refractivity contribution in [2.75, 3.05) is 13.1 Å². The van der Waals surface area contributed by atoms with Crippen LogP contribution in [-0.2, 0) is 27.4 Å². The molecule has 2 aliphatic heterocycles. The molecule has 0 radical (unpaired) electrons. The molecule has 1 aromatic heterocycles. The Morgan fingerprint density at radius 3 is 2.39 bits per heavy atom. The first-order valence-electron chi connectivity index (χ1n) is 9.94. The Labute approximate surface area is 165 Å². The van der Waals surface area contributed by atoms with Gasteiger partial charge in [-0.1, -0.05) is 0 Å². The second-order valence-corrected chi connectivity index (χ2v) is 8.71. The monoisotopic (exact) mass is 390 g/mol. The van der Waals surface area contributed by atoms with E-state index in [1.807, 2.05) is 36.5 Å². The predicted molar refractivity (Wildman–Crippen MR) is 102 cm³/mol. The summed E-state index contributed by atoms with van der Waals surface area (Å²) >= 11 is 0. The van der Waals surface area contributed by atoms with Crippen LogP contribution in [0, 0.1) is 0 Å². The molecule has 0 aliphatic carbocycles. The lowest BCUT2D eigenvalue weighted by Crippen LogP contribution is -2.39. The first-order valence-corrected chi connectivity index (χ1v) is 9.94. The summed E-state index contributed by atoms with van der Waals surface area (Å²) in [5.74, 6) is 0.0975. The van der Waals surface area contributed by atoms with E-state index in [9.17, 15) is 14.4 Å². The SMILES string of the molecule is CC(=O)CCC(=O)N1CCC(n2ncc3c2CN(C(=O)OC(C)(C)C)C3)CC1. The van der Waals surface area contributed by atoms with Crippen LogP contribution in [0.4, 0.5) is 4.79 Å². The van der Waals surface area contributed by atoms with Crippen LogP contribution in [0.15, 0.2) is 6.20 Å². The maximum absolute atomic E-state index is 12.3. The maximum atomic E-state index is 12.3. The highest BCUT2D eigenvalue weighted by molar-refractivity contribution is 5.83. The van der Waals surface area contributed by atoms with Crippen molar-refractivity contribution in [2.45, 2.75) is 78.1 Å². The predicted octanol–water partition coefficient (Wildman–Crippen LogP) is 2.67. The van der Waals surface area contributed by atoms with E-state index in [0.717, 1.165) is 24.1 Å². The summed E-state index contributed by atoms with van der Waals surface area (Å²) in [5, 5.41) is 4.55. The summed E-state index contributed by atoms with van der Waals surface area (Å²) < 4.78 is 7.50. The Morgan fingerprint density at radius 2 is 1.79 bits per heavy atom. The zero-order valence-corrected chi connectivity index (χ0v) is 17.2. The molecule has 3 rings (SSSR count). The van der Waals surface area contributed by atoms with Gasteiger partial charge in [-0.3, -0.25) is 14.4 Å². The number of piperidine rings is 1. The lowest BCUT2D eigenvalue weighted by Gasteiger charge is -2.33. The van der Waals surface area contributed by atoms with Crippen molar-refractivity contribution in [1.29, 1.82) is 0 Å². The molecule has 8 nitrogen and oxygen atoms in total. The summed E-state index contributed by atoms with van der Waals surface area (Å²) in [5.41, 5.74) is 1.61. The van der Waals surface area contributed by atoms with Gasteiger partial charge in [0.15, 0.2) is 0 Å². The largest absolute Gasteiger partial charge is 0.444 e. The molecule has 1 fully saturated rings. The van der Waals surface area contributed by atoms with Crippen molar-refractivity contribution >= 4 is 17.8 Å². The van der Waals surface area contributed by atoms with Crippen molar-refractivity contribution in [1.82, 2.24) is 19.6 Å². The second-order valence-electron chi connectivity index (χ2n) is 8.71. The number of ketones is 1. The molecular formula is C20H30N4O4. The van der Waals surface area contributed by atoms with E-state index in [0.29, 0.717) is 39.0 Å². The highest BCUT2D eigenvalue weighted by atomic mass is 16.6. The molecular weight excluding hydrogens is 360 g/mol. The molecule has 0 unspecified atom stereocenters. The molecule has 0 atom stereocenters. The quantitative estimate of drug-likeness (QED) is 0.789. The third kappa shape index (κ3) is 4.72. The summed E-state index contributed by atoms with van der Waals surface area (Å²) in [6.45, 7) is 9.47. The number of aromatic nitrogens is 2. The number of hydrogen-bond acceptors (Lipinski definition) is 5. The zero-order valence-electron chi connectivity index (χ0n) is 17.2. The number of ether oxygens (including phenoxy) is 1. The Hall–Kier alpha value is -2.38. The van der Waals surface area contributed by atoms with Crippen molar-refractivity contribution in [3.63, 3.8) is 0 Å². The van der Waals surface area contributed by atoms with Crippen LogP contribution in [0.2, 0.25) is 0 Å². The highest BCUT2D eigenvalue weighted by Crippen LogP contribution is 2.30. The van der Waals surface area contributed by atoms with E-state index in [4.69, 9.17) is 4.74 Å². The van der Waals surface area contributed by atoms with Gasteiger partial charge in [0.25, 0.3) is 0 Å². The lowest BCUT2D eigenvalue weighted by molar-refractivity contribution is -0.134. The van der Waals surface area contributed by atoms with Gasteiger partial charge < -0.3 is 14.4 Å². The fraction of sp³-hybridized carbons (Fsp3) is 0.700.